The number of rotatable bonds is 3. The van der Waals surface area contributed by atoms with Crippen LogP contribution in [0.5, 0.6) is 5.75 Å². The molecule has 0 N–H and O–H groups in total. The van der Waals surface area contributed by atoms with Gasteiger partial charge in [-0.3, -0.25) is 0 Å². The van der Waals surface area contributed by atoms with Gasteiger partial charge in [-0.2, -0.15) is 0 Å². The Balaban J connectivity index is 2.35. The van der Waals surface area contributed by atoms with Crippen LogP contribution in [0.15, 0.2) is 34.1 Å². The highest BCUT2D eigenvalue weighted by atomic mass is 79.9. The van der Waals surface area contributed by atoms with E-state index in [0.29, 0.717) is 0 Å². The Morgan fingerprint density at radius 3 is 2.65 bits per heavy atom. The quantitative estimate of drug-likeness (QED) is 0.706. The maximum atomic E-state index is 6.49. The fraction of sp³-hybridized carbons (Fsp3) is 0.231. The van der Waals surface area contributed by atoms with Crippen LogP contribution in [0.2, 0.25) is 0 Å². The molecule has 1 unspecified atom stereocenters. The lowest BCUT2D eigenvalue weighted by molar-refractivity contribution is 0.412. The molecule has 0 aliphatic carbocycles. The van der Waals surface area contributed by atoms with Gasteiger partial charge in [-0.25, -0.2) is 0 Å². The fourth-order valence-corrected chi connectivity index (χ4v) is 3.58. The SMILES string of the molecule is COc1ccc(C(Cl)c2sccc2C)cc1Br. The second kappa shape index (κ2) is 5.42. The summed E-state index contributed by atoms with van der Waals surface area (Å²) in [6.45, 7) is 2.08. The average molecular weight is 332 g/mol. The zero-order valence-corrected chi connectivity index (χ0v) is 12.7. The molecule has 0 aliphatic rings. The number of methoxy groups -OCH3 is 1. The predicted octanol–water partition coefficient (Wildman–Crippen LogP) is 5.16. The van der Waals surface area contributed by atoms with Crippen molar-refractivity contribution in [3.63, 3.8) is 0 Å². The van der Waals surface area contributed by atoms with E-state index in [-0.39, 0.29) is 5.38 Å². The van der Waals surface area contributed by atoms with Gasteiger partial charge in [-0.05, 0) is 57.6 Å². The Labute approximate surface area is 119 Å². The molecular formula is C13H12BrClOS. The van der Waals surface area contributed by atoms with Crippen LogP contribution in [-0.4, -0.2) is 7.11 Å². The van der Waals surface area contributed by atoms with E-state index in [1.807, 2.05) is 18.2 Å². The van der Waals surface area contributed by atoms with Gasteiger partial charge in [0.1, 0.15) is 5.75 Å². The molecule has 0 saturated carbocycles. The molecule has 0 fully saturated rings. The van der Waals surface area contributed by atoms with Crippen LogP contribution >= 0.6 is 38.9 Å². The summed E-state index contributed by atoms with van der Waals surface area (Å²) in [6, 6.07) is 8.03. The number of ether oxygens (including phenoxy) is 1. The Morgan fingerprint density at radius 1 is 1.35 bits per heavy atom. The van der Waals surface area contributed by atoms with E-state index in [4.69, 9.17) is 16.3 Å². The van der Waals surface area contributed by atoms with Crippen molar-refractivity contribution in [3.8, 4) is 5.75 Å². The first-order valence-corrected chi connectivity index (χ1v) is 7.26. The first kappa shape index (κ1) is 12.9. The third-order valence-corrected chi connectivity index (χ3v) is 4.90. The highest BCUT2D eigenvalue weighted by Gasteiger charge is 2.15. The molecule has 0 aliphatic heterocycles. The second-order valence-corrected chi connectivity index (χ2v) is 5.96. The van der Waals surface area contributed by atoms with Crippen LogP contribution in [0.1, 0.15) is 21.4 Å². The van der Waals surface area contributed by atoms with Crippen molar-refractivity contribution in [2.45, 2.75) is 12.3 Å². The van der Waals surface area contributed by atoms with E-state index in [0.717, 1.165) is 15.8 Å². The summed E-state index contributed by atoms with van der Waals surface area (Å²) in [5.41, 5.74) is 2.31. The van der Waals surface area contributed by atoms with E-state index in [1.54, 1.807) is 18.4 Å². The monoisotopic (exact) mass is 330 g/mol. The van der Waals surface area contributed by atoms with Crippen molar-refractivity contribution in [1.82, 2.24) is 0 Å². The number of halogens is 2. The number of hydrogen-bond acceptors (Lipinski definition) is 2. The zero-order valence-electron chi connectivity index (χ0n) is 9.54. The summed E-state index contributed by atoms with van der Waals surface area (Å²) in [6.07, 6.45) is 0. The van der Waals surface area contributed by atoms with Gasteiger partial charge >= 0.3 is 0 Å². The van der Waals surface area contributed by atoms with E-state index >= 15 is 0 Å². The lowest BCUT2D eigenvalue weighted by Gasteiger charge is -2.11. The van der Waals surface area contributed by atoms with Crippen molar-refractivity contribution >= 4 is 38.9 Å². The molecule has 90 valence electrons. The van der Waals surface area contributed by atoms with Gasteiger partial charge < -0.3 is 4.74 Å². The lowest BCUT2D eigenvalue weighted by atomic mass is 10.1. The van der Waals surface area contributed by atoms with Crippen LogP contribution in [0.4, 0.5) is 0 Å². The first-order chi connectivity index (χ1) is 8.13. The highest BCUT2D eigenvalue weighted by Crippen LogP contribution is 2.37. The summed E-state index contributed by atoms with van der Waals surface area (Å²) in [5, 5.41) is 1.97. The fourth-order valence-electron chi connectivity index (χ4n) is 1.64. The summed E-state index contributed by atoms with van der Waals surface area (Å²) in [7, 11) is 1.65. The smallest absolute Gasteiger partial charge is 0.133 e. The van der Waals surface area contributed by atoms with E-state index < -0.39 is 0 Å². The van der Waals surface area contributed by atoms with Gasteiger partial charge in [-0.15, -0.1) is 22.9 Å². The van der Waals surface area contributed by atoms with Gasteiger partial charge in [0.2, 0.25) is 0 Å². The largest absolute Gasteiger partial charge is 0.496 e. The highest BCUT2D eigenvalue weighted by molar-refractivity contribution is 9.10. The maximum absolute atomic E-state index is 6.49. The maximum Gasteiger partial charge on any atom is 0.133 e. The van der Waals surface area contributed by atoms with E-state index in [9.17, 15) is 0 Å². The van der Waals surface area contributed by atoms with Crippen molar-refractivity contribution in [1.29, 1.82) is 0 Å². The number of thiophene rings is 1. The minimum Gasteiger partial charge on any atom is -0.496 e. The molecule has 1 aromatic carbocycles. The minimum atomic E-state index is -0.0998. The molecular weight excluding hydrogens is 320 g/mol. The van der Waals surface area contributed by atoms with E-state index in [2.05, 4.69) is 34.3 Å². The van der Waals surface area contributed by atoms with Gasteiger partial charge in [0.05, 0.1) is 17.0 Å². The third-order valence-electron chi connectivity index (χ3n) is 2.60. The van der Waals surface area contributed by atoms with Crippen molar-refractivity contribution < 1.29 is 4.74 Å². The van der Waals surface area contributed by atoms with Gasteiger partial charge in [0.25, 0.3) is 0 Å². The molecule has 0 bridgehead atoms. The van der Waals surface area contributed by atoms with Crippen molar-refractivity contribution in [3.05, 3.63) is 50.1 Å². The van der Waals surface area contributed by atoms with Crippen LogP contribution in [0.3, 0.4) is 0 Å². The summed E-state index contributed by atoms with van der Waals surface area (Å²) < 4.78 is 6.13. The Kier molecular flexibility index (Phi) is 4.13. The second-order valence-electron chi connectivity index (χ2n) is 3.72. The summed E-state index contributed by atoms with van der Waals surface area (Å²) in [4.78, 5) is 1.20. The molecule has 0 spiro atoms. The van der Waals surface area contributed by atoms with Gasteiger partial charge in [-0.1, -0.05) is 6.07 Å². The normalized spacial score (nSPS) is 12.5. The molecule has 1 atom stereocenters. The molecule has 0 amide bonds. The Bertz CT molecular complexity index is 524. The molecule has 0 saturated heterocycles. The molecule has 2 aromatic rings. The number of aryl methyl sites for hydroxylation is 1. The van der Waals surface area contributed by atoms with Crippen LogP contribution in [0.25, 0.3) is 0 Å². The summed E-state index contributed by atoms with van der Waals surface area (Å²) in [5.74, 6) is 0.820. The van der Waals surface area contributed by atoms with Crippen LogP contribution < -0.4 is 4.74 Å². The molecule has 17 heavy (non-hydrogen) atoms. The Morgan fingerprint density at radius 2 is 2.12 bits per heavy atom. The van der Waals surface area contributed by atoms with Crippen LogP contribution in [0, 0.1) is 6.92 Å². The molecule has 1 nitrogen and oxygen atoms in total. The van der Waals surface area contributed by atoms with Crippen molar-refractivity contribution in [2.24, 2.45) is 0 Å². The average Bonchev–Trinajstić information content (AvgIpc) is 2.74. The molecule has 1 heterocycles. The molecule has 1 aromatic heterocycles. The lowest BCUT2D eigenvalue weighted by Crippen LogP contribution is -1.93. The third kappa shape index (κ3) is 2.67. The standard InChI is InChI=1S/C13H12BrClOS/c1-8-5-6-17-13(8)12(15)9-3-4-11(16-2)10(14)7-9/h3-7,12H,1-2H3. The van der Waals surface area contributed by atoms with Crippen molar-refractivity contribution in [2.75, 3.05) is 7.11 Å². The Hall–Kier alpha value is -0.510. The zero-order chi connectivity index (χ0) is 12.4. The minimum absolute atomic E-state index is 0.0998. The van der Waals surface area contributed by atoms with E-state index in [1.165, 1.54) is 10.4 Å². The first-order valence-electron chi connectivity index (χ1n) is 5.15. The molecule has 2 rings (SSSR count). The van der Waals surface area contributed by atoms with Gasteiger partial charge in [0, 0.05) is 4.88 Å². The topological polar surface area (TPSA) is 9.23 Å². The number of hydrogen-bond donors (Lipinski definition) is 0. The molecule has 0 radical (unpaired) electrons. The van der Waals surface area contributed by atoms with Gasteiger partial charge in [0.15, 0.2) is 0 Å². The summed E-state index contributed by atoms with van der Waals surface area (Å²) >= 11 is 11.7. The molecule has 4 heteroatoms. The number of benzene rings is 1. The van der Waals surface area contributed by atoms with Crippen LogP contribution in [-0.2, 0) is 0 Å². The predicted molar refractivity (Wildman–Crippen MR) is 77.4 cm³/mol. The number of alkyl halides is 1.